The van der Waals surface area contributed by atoms with Crippen molar-refractivity contribution in [3.05, 3.63) is 72.1 Å². The summed E-state index contributed by atoms with van der Waals surface area (Å²) in [4.78, 5) is 15.3. The third kappa shape index (κ3) is 7.04. The van der Waals surface area contributed by atoms with Crippen LogP contribution in [0.5, 0.6) is 0 Å². The average Bonchev–Trinajstić information content (AvgIpc) is 3.39. The maximum atomic E-state index is 6.55. The summed E-state index contributed by atoms with van der Waals surface area (Å²) in [5.74, 6) is 2.27. The minimum absolute atomic E-state index is 0.0348. The van der Waals surface area contributed by atoms with Gasteiger partial charge in [0.1, 0.15) is 0 Å². The summed E-state index contributed by atoms with van der Waals surface area (Å²) in [6, 6.07) is 14.8. The number of rotatable bonds is 5. The zero-order chi connectivity index (χ0) is 36.7. The lowest BCUT2D eigenvalue weighted by atomic mass is 9.71. The zero-order valence-corrected chi connectivity index (χ0v) is 32.7. The van der Waals surface area contributed by atoms with Crippen molar-refractivity contribution in [3.8, 4) is 22.8 Å². The standard InChI is InChI=1S/C41H55B2N3O4/c1-36(2,3)29-19-15-26(16-20-29)33-44-34(27-17-21-30(22-18-27)37(4,5)6)46-35(45-33)28-23-31(42-47-38(7,8)39(9,10)48-42)25-32(24-28)43-49-40(11,12)41(13,14)50-43/h15-21,23-25,30H,22H2,1-14H3. The summed E-state index contributed by atoms with van der Waals surface area (Å²) in [6.45, 7) is 30.0. The van der Waals surface area contributed by atoms with Gasteiger partial charge in [-0.25, -0.2) is 15.0 Å². The van der Waals surface area contributed by atoms with E-state index in [4.69, 9.17) is 33.6 Å². The number of aromatic nitrogens is 3. The Balaban J connectivity index is 1.50. The second kappa shape index (κ2) is 12.3. The van der Waals surface area contributed by atoms with Gasteiger partial charge in [-0.15, -0.1) is 0 Å². The van der Waals surface area contributed by atoms with Crippen LogP contribution in [0, 0.1) is 11.3 Å². The lowest BCUT2D eigenvalue weighted by Crippen LogP contribution is -2.41. The van der Waals surface area contributed by atoms with Crippen molar-refractivity contribution in [1.29, 1.82) is 0 Å². The summed E-state index contributed by atoms with van der Waals surface area (Å²) in [5.41, 5.74) is 3.89. The summed E-state index contributed by atoms with van der Waals surface area (Å²) >= 11 is 0. The SMILES string of the molecule is CC(C)(C)c1ccc(-c2nc(C3=CCC(C(C)(C)C)C=C3)nc(-c3cc(B4OC(C)(C)C(C)(C)O4)cc(B4OC(C)(C)C(C)(C)O4)c3)n2)cc1. The Morgan fingerprint density at radius 1 is 0.600 bits per heavy atom. The normalized spacial score (nSPS) is 22.6. The maximum absolute atomic E-state index is 6.55. The molecule has 0 saturated carbocycles. The van der Waals surface area contributed by atoms with Gasteiger partial charge in [-0.05, 0) is 95.0 Å². The zero-order valence-electron chi connectivity index (χ0n) is 32.7. The van der Waals surface area contributed by atoms with Crippen molar-refractivity contribution in [3.63, 3.8) is 0 Å². The van der Waals surface area contributed by atoms with E-state index < -0.39 is 36.6 Å². The Labute approximate surface area is 301 Å². The van der Waals surface area contributed by atoms with Crippen LogP contribution in [0.3, 0.4) is 0 Å². The molecule has 3 aromatic rings. The van der Waals surface area contributed by atoms with E-state index in [0.29, 0.717) is 23.4 Å². The third-order valence-electron chi connectivity index (χ3n) is 11.4. The van der Waals surface area contributed by atoms with Gasteiger partial charge < -0.3 is 18.6 Å². The molecule has 7 nitrogen and oxygen atoms in total. The number of benzene rings is 2. The molecule has 3 aliphatic rings. The highest BCUT2D eigenvalue weighted by Gasteiger charge is 2.54. The Hall–Kier alpha value is -3.10. The summed E-state index contributed by atoms with van der Waals surface area (Å²) in [6.07, 6.45) is 7.65. The molecular weight excluding hydrogens is 620 g/mol. The minimum atomic E-state index is -0.592. The van der Waals surface area contributed by atoms with Crippen molar-refractivity contribution in [2.75, 3.05) is 0 Å². The molecule has 2 aliphatic heterocycles. The molecule has 0 bridgehead atoms. The molecule has 0 spiro atoms. The molecule has 0 N–H and O–H groups in total. The van der Waals surface area contributed by atoms with E-state index in [1.54, 1.807) is 0 Å². The lowest BCUT2D eigenvalue weighted by Gasteiger charge is -2.32. The molecule has 1 aliphatic carbocycles. The molecule has 1 atom stereocenters. The van der Waals surface area contributed by atoms with Crippen LogP contribution in [0.15, 0.2) is 60.7 Å². The smallest absolute Gasteiger partial charge is 0.399 e. The fourth-order valence-electron chi connectivity index (χ4n) is 6.35. The van der Waals surface area contributed by atoms with Crippen molar-refractivity contribution < 1.29 is 18.6 Å². The van der Waals surface area contributed by atoms with Crippen LogP contribution in [0.4, 0.5) is 0 Å². The van der Waals surface area contributed by atoms with E-state index in [1.165, 1.54) is 5.56 Å². The number of hydrogen-bond acceptors (Lipinski definition) is 7. The Kier molecular flexibility index (Phi) is 8.99. The van der Waals surface area contributed by atoms with Crippen LogP contribution in [0.1, 0.15) is 115 Å². The second-order valence-electron chi connectivity index (χ2n) is 18.4. The minimum Gasteiger partial charge on any atom is -0.399 e. The van der Waals surface area contributed by atoms with Crippen LogP contribution in [0.2, 0.25) is 0 Å². The van der Waals surface area contributed by atoms with Crippen molar-refractivity contribution in [2.45, 2.75) is 131 Å². The van der Waals surface area contributed by atoms with E-state index in [9.17, 15) is 0 Å². The van der Waals surface area contributed by atoms with Crippen LogP contribution >= 0.6 is 0 Å². The Morgan fingerprint density at radius 3 is 1.44 bits per heavy atom. The molecule has 2 saturated heterocycles. The first-order chi connectivity index (χ1) is 23.0. The number of allylic oxidation sites excluding steroid dienone is 4. The Morgan fingerprint density at radius 2 is 1.04 bits per heavy atom. The summed E-state index contributed by atoms with van der Waals surface area (Å²) in [7, 11) is -1.18. The topological polar surface area (TPSA) is 75.6 Å². The molecule has 1 aromatic heterocycles. The van der Waals surface area contributed by atoms with Gasteiger partial charge in [0.25, 0.3) is 0 Å². The van der Waals surface area contributed by atoms with Gasteiger partial charge in [-0.3, -0.25) is 0 Å². The molecule has 9 heteroatoms. The first-order valence-corrected chi connectivity index (χ1v) is 18.1. The quantitative estimate of drug-likeness (QED) is 0.253. The second-order valence-corrected chi connectivity index (χ2v) is 18.4. The summed E-state index contributed by atoms with van der Waals surface area (Å²) in [5, 5.41) is 0. The Bertz CT molecular complexity index is 1750. The van der Waals surface area contributed by atoms with Crippen LogP contribution in [-0.4, -0.2) is 51.6 Å². The summed E-state index contributed by atoms with van der Waals surface area (Å²) < 4.78 is 26.2. The molecular formula is C41H55B2N3O4. The van der Waals surface area contributed by atoms with E-state index in [2.05, 4.69) is 158 Å². The van der Waals surface area contributed by atoms with Gasteiger partial charge in [-0.1, -0.05) is 102 Å². The highest BCUT2D eigenvalue weighted by molar-refractivity contribution is 6.66. The first-order valence-electron chi connectivity index (χ1n) is 18.1. The molecule has 1 unspecified atom stereocenters. The van der Waals surface area contributed by atoms with Crippen molar-refractivity contribution >= 4 is 30.7 Å². The monoisotopic (exact) mass is 675 g/mol. The van der Waals surface area contributed by atoms with Crippen molar-refractivity contribution in [1.82, 2.24) is 15.0 Å². The lowest BCUT2D eigenvalue weighted by molar-refractivity contribution is 0.00578. The molecule has 3 heterocycles. The van der Waals surface area contributed by atoms with Gasteiger partial charge >= 0.3 is 14.2 Å². The van der Waals surface area contributed by atoms with Crippen molar-refractivity contribution in [2.24, 2.45) is 11.3 Å². The highest BCUT2D eigenvalue weighted by atomic mass is 16.7. The molecule has 0 radical (unpaired) electrons. The van der Waals surface area contributed by atoms with E-state index in [1.807, 2.05) is 0 Å². The van der Waals surface area contributed by atoms with E-state index in [-0.39, 0.29) is 10.8 Å². The number of hydrogen-bond donors (Lipinski definition) is 0. The molecule has 50 heavy (non-hydrogen) atoms. The average molecular weight is 676 g/mol. The largest absolute Gasteiger partial charge is 0.494 e. The predicted octanol–water partition coefficient (Wildman–Crippen LogP) is 8.11. The molecule has 2 aromatic carbocycles. The molecule has 6 rings (SSSR count). The fourth-order valence-corrected chi connectivity index (χ4v) is 6.35. The van der Waals surface area contributed by atoms with E-state index >= 15 is 0 Å². The molecule has 2 fully saturated rings. The van der Waals surface area contributed by atoms with Gasteiger partial charge in [-0.2, -0.15) is 0 Å². The first kappa shape index (κ1) is 36.7. The van der Waals surface area contributed by atoms with Gasteiger partial charge in [0, 0.05) is 16.7 Å². The van der Waals surface area contributed by atoms with Gasteiger partial charge in [0.05, 0.1) is 22.4 Å². The van der Waals surface area contributed by atoms with E-state index in [0.717, 1.165) is 34.0 Å². The molecule has 0 amide bonds. The highest BCUT2D eigenvalue weighted by Crippen LogP contribution is 2.39. The van der Waals surface area contributed by atoms with Gasteiger partial charge in [0.2, 0.25) is 0 Å². The molecule has 264 valence electrons. The van der Waals surface area contributed by atoms with Crippen LogP contribution in [0.25, 0.3) is 28.3 Å². The van der Waals surface area contributed by atoms with Crippen LogP contribution < -0.4 is 10.9 Å². The van der Waals surface area contributed by atoms with Crippen LogP contribution in [-0.2, 0) is 24.0 Å². The maximum Gasteiger partial charge on any atom is 0.494 e. The number of nitrogens with zero attached hydrogens (tertiary/aromatic N) is 3. The van der Waals surface area contributed by atoms with Gasteiger partial charge in [0.15, 0.2) is 17.5 Å². The third-order valence-corrected chi connectivity index (χ3v) is 11.4. The fraction of sp³-hybridized carbons (Fsp3) is 0.537. The predicted molar refractivity (Wildman–Crippen MR) is 206 cm³/mol.